The third-order valence-corrected chi connectivity index (χ3v) is 5.57. The van der Waals surface area contributed by atoms with Gasteiger partial charge in [0, 0.05) is 27.4 Å². The molecule has 1 aromatic heterocycles. The van der Waals surface area contributed by atoms with Crippen LogP contribution < -0.4 is 5.56 Å². The van der Waals surface area contributed by atoms with Gasteiger partial charge in [0.15, 0.2) is 0 Å². The van der Waals surface area contributed by atoms with Crippen LogP contribution in [-0.4, -0.2) is 20.7 Å². The summed E-state index contributed by atoms with van der Waals surface area (Å²) in [4.78, 5) is 17.9. The number of hydrogen-bond donors (Lipinski definition) is 1. The zero-order valence-corrected chi connectivity index (χ0v) is 17.5. The number of fused-ring (bicyclic) bond motifs is 1. The Morgan fingerprint density at radius 2 is 1.39 bits per heavy atom. The van der Waals surface area contributed by atoms with Gasteiger partial charge < -0.3 is 5.11 Å². The van der Waals surface area contributed by atoms with E-state index in [0.29, 0.717) is 21.4 Å². The lowest BCUT2D eigenvalue weighted by Crippen LogP contribution is -2.21. The number of nitrogens with zero attached hydrogens (tertiary/aromatic N) is 3. The Bertz CT molecular complexity index is 1410. The van der Waals surface area contributed by atoms with E-state index in [-0.39, 0.29) is 17.0 Å². The van der Waals surface area contributed by atoms with Gasteiger partial charge >= 0.3 is 0 Å². The molecule has 0 radical (unpaired) electrons. The molecular weight excluding hydrogens is 433 g/mol. The highest BCUT2D eigenvalue weighted by Gasteiger charge is 2.22. The maximum atomic E-state index is 13.5. The number of rotatable bonds is 3. The molecule has 152 valence electrons. The van der Waals surface area contributed by atoms with Gasteiger partial charge in [0.25, 0.3) is 5.56 Å². The molecule has 0 amide bonds. The van der Waals surface area contributed by atoms with Crippen molar-refractivity contribution in [3.63, 3.8) is 0 Å². The van der Waals surface area contributed by atoms with Gasteiger partial charge in [-0.3, -0.25) is 9.79 Å². The van der Waals surface area contributed by atoms with Crippen LogP contribution >= 0.6 is 23.2 Å². The first-order valence-electron chi connectivity index (χ1n) is 9.47. The number of aromatic nitrogens is 2. The molecule has 1 N–H and O–H groups in total. The molecule has 31 heavy (non-hydrogen) atoms. The van der Waals surface area contributed by atoms with Gasteiger partial charge in [0.05, 0.1) is 17.1 Å². The van der Waals surface area contributed by atoms with Crippen LogP contribution in [-0.2, 0) is 0 Å². The summed E-state index contributed by atoms with van der Waals surface area (Å²) < 4.78 is 2.85. The second kappa shape index (κ2) is 7.61. The van der Waals surface area contributed by atoms with E-state index in [1.807, 2.05) is 24.3 Å². The van der Waals surface area contributed by atoms with Crippen molar-refractivity contribution in [1.29, 1.82) is 0 Å². The molecule has 3 aromatic carbocycles. The highest BCUT2D eigenvalue weighted by Crippen LogP contribution is 2.34. The molecule has 7 heteroatoms. The van der Waals surface area contributed by atoms with E-state index in [1.54, 1.807) is 60.8 Å². The summed E-state index contributed by atoms with van der Waals surface area (Å²) in [6, 6.07) is 21.3. The fraction of sp³-hybridized carbons (Fsp3) is 0. The number of hydrogen-bond acceptors (Lipinski definition) is 3. The van der Waals surface area contributed by atoms with Gasteiger partial charge in [0.2, 0.25) is 5.88 Å². The van der Waals surface area contributed by atoms with Gasteiger partial charge in [-0.2, -0.15) is 0 Å². The normalized spacial score (nSPS) is 13.7. The summed E-state index contributed by atoms with van der Waals surface area (Å²) in [5.74, 6) is -0.187. The molecule has 2 heterocycles. The fourth-order valence-corrected chi connectivity index (χ4v) is 3.83. The number of benzene rings is 3. The van der Waals surface area contributed by atoms with Gasteiger partial charge in [-0.25, -0.2) is 9.36 Å². The first-order valence-corrected chi connectivity index (χ1v) is 10.2. The average Bonchev–Trinajstić information content (AvgIpc) is 3.29. The summed E-state index contributed by atoms with van der Waals surface area (Å²) in [5.41, 5.74) is 3.40. The average molecular weight is 448 g/mol. The smallest absolute Gasteiger partial charge is 0.283 e. The van der Waals surface area contributed by atoms with Crippen LogP contribution in [0.3, 0.4) is 0 Å². The highest BCUT2D eigenvalue weighted by atomic mass is 35.5. The van der Waals surface area contributed by atoms with Gasteiger partial charge in [-0.15, -0.1) is 0 Å². The Hall–Kier alpha value is -3.54. The Morgan fingerprint density at radius 3 is 2.03 bits per heavy atom. The Kier molecular flexibility index (Phi) is 4.77. The zero-order chi connectivity index (χ0) is 21.5. The Morgan fingerprint density at radius 1 is 0.806 bits per heavy atom. The third kappa shape index (κ3) is 3.38. The number of aliphatic imine (C=N–C) groups is 1. The second-order valence-corrected chi connectivity index (χ2v) is 7.87. The standard InChI is InChI=1S/C24H15Cl2N3O2/c25-16-5-9-18(10-6-16)28-23(30)21(13-15-14-27-22-4-2-1-3-20(15)22)24(31)29(28)19-11-7-17(26)8-12-19/h1-14,30H. The van der Waals surface area contributed by atoms with E-state index in [9.17, 15) is 9.90 Å². The maximum absolute atomic E-state index is 13.5. The largest absolute Gasteiger partial charge is 0.493 e. The van der Waals surface area contributed by atoms with Crippen molar-refractivity contribution in [2.24, 2.45) is 4.99 Å². The zero-order valence-electron chi connectivity index (χ0n) is 16.0. The fourth-order valence-electron chi connectivity index (χ4n) is 3.58. The Labute approximate surface area is 187 Å². The van der Waals surface area contributed by atoms with Gasteiger partial charge in [-0.05, 0) is 60.7 Å². The number of para-hydroxylation sites is 1. The molecule has 0 bridgehead atoms. The number of aromatic hydroxyl groups is 1. The lowest BCUT2D eigenvalue weighted by Gasteiger charge is -2.12. The molecule has 0 spiro atoms. The molecule has 4 aromatic rings. The van der Waals surface area contributed by atoms with Crippen LogP contribution in [0.4, 0.5) is 5.69 Å². The summed E-state index contributed by atoms with van der Waals surface area (Å²) in [7, 11) is 0. The summed E-state index contributed by atoms with van der Waals surface area (Å²) in [6.45, 7) is 0. The quantitative estimate of drug-likeness (QED) is 0.425. The van der Waals surface area contributed by atoms with Crippen LogP contribution in [0.15, 0.2) is 82.6 Å². The molecule has 0 unspecified atom stereocenters. The first kappa shape index (κ1) is 19.4. The monoisotopic (exact) mass is 447 g/mol. The second-order valence-electron chi connectivity index (χ2n) is 6.99. The minimum absolute atomic E-state index is 0.156. The summed E-state index contributed by atoms with van der Waals surface area (Å²) >= 11 is 12.1. The van der Waals surface area contributed by atoms with E-state index in [0.717, 1.165) is 16.8 Å². The highest BCUT2D eigenvalue weighted by molar-refractivity contribution is 6.30. The molecule has 0 atom stereocenters. The number of allylic oxidation sites excluding steroid dienone is 1. The molecule has 5 rings (SSSR count). The van der Waals surface area contributed by atoms with Crippen molar-refractivity contribution >= 4 is 46.8 Å². The van der Waals surface area contributed by atoms with Crippen molar-refractivity contribution in [2.75, 3.05) is 0 Å². The molecule has 1 aliphatic rings. The lowest BCUT2D eigenvalue weighted by molar-refractivity contribution is 0.424. The van der Waals surface area contributed by atoms with Crippen molar-refractivity contribution < 1.29 is 5.11 Å². The van der Waals surface area contributed by atoms with Crippen molar-refractivity contribution in [1.82, 2.24) is 9.36 Å². The maximum Gasteiger partial charge on any atom is 0.283 e. The van der Waals surface area contributed by atoms with E-state index in [2.05, 4.69) is 4.99 Å². The molecule has 0 aliphatic carbocycles. The van der Waals surface area contributed by atoms with E-state index in [1.165, 1.54) is 9.36 Å². The first-order chi connectivity index (χ1) is 15.0. The van der Waals surface area contributed by atoms with Crippen LogP contribution in [0.1, 0.15) is 11.1 Å². The van der Waals surface area contributed by atoms with Crippen LogP contribution in [0.2, 0.25) is 10.0 Å². The van der Waals surface area contributed by atoms with E-state index < -0.39 is 0 Å². The van der Waals surface area contributed by atoms with E-state index in [4.69, 9.17) is 23.2 Å². The van der Waals surface area contributed by atoms with Gasteiger partial charge in [0.1, 0.15) is 5.56 Å². The van der Waals surface area contributed by atoms with Crippen LogP contribution in [0, 0.1) is 0 Å². The summed E-state index contributed by atoms with van der Waals surface area (Å²) in [5, 5.41) is 12.2. The molecule has 1 aliphatic heterocycles. The minimum Gasteiger partial charge on any atom is -0.493 e. The van der Waals surface area contributed by atoms with Crippen LogP contribution in [0.5, 0.6) is 5.88 Å². The third-order valence-electron chi connectivity index (χ3n) is 5.06. The Balaban J connectivity index is 1.76. The van der Waals surface area contributed by atoms with Crippen molar-refractivity contribution in [3.8, 4) is 17.3 Å². The number of halogens is 2. The van der Waals surface area contributed by atoms with Crippen molar-refractivity contribution in [2.45, 2.75) is 0 Å². The van der Waals surface area contributed by atoms with Gasteiger partial charge in [-0.1, -0.05) is 41.4 Å². The molecular formula is C24H15Cl2N3O2. The van der Waals surface area contributed by atoms with Crippen molar-refractivity contribution in [3.05, 3.63) is 104 Å². The topological polar surface area (TPSA) is 59.5 Å². The summed E-state index contributed by atoms with van der Waals surface area (Å²) in [6.07, 6.45) is 3.35. The minimum atomic E-state index is -0.375. The lowest BCUT2D eigenvalue weighted by atomic mass is 10.1. The SMILES string of the molecule is O=c1c(C=C2C=Nc3ccccc32)c(O)n(-c2ccc(Cl)cc2)n1-c1ccc(Cl)cc1. The predicted molar refractivity (Wildman–Crippen MR) is 126 cm³/mol. The predicted octanol–water partition coefficient (Wildman–Crippen LogP) is 5.90. The molecule has 5 nitrogen and oxygen atoms in total. The molecule has 0 fully saturated rings. The van der Waals surface area contributed by atoms with Crippen LogP contribution in [0.25, 0.3) is 23.0 Å². The molecule has 0 saturated heterocycles. The molecule has 0 saturated carbocycles. The van der Waals surface area contributed by atoms with E-state index >= 15 is 0 Å².